The van der Waals surface area contributed by atoms with Crippen molar-refractivity contribution in [3.63, 3.8) is 0 Å². The SMILES string of the molecule is CC(Cl)c1nccc(C2CC2)n1. The maximum absolute atomic E-state index is 5.88. The van der Waals surface area contributed by atoms with E-state index in [1.807, 2.05) is 13.0 Å². The van der Waals surface area contributed by atoms with Crippen LogP contribution in [0.1, 0.15) is 42.6 Å². The van der Waals surface area contributed by atoms with Crippen molar-refractivity contribution in [2.24, 2.45) is 0 Å². The van der Waals surface area contributed by atoms with Gasteiger partial charge in [-0.05, 0) is 25.8 Å². The van der Waals surface area contributed by atoms with Gasteiger partial charge in [0.2, 0.25) is 0 Å². The first-order valence-corrected chi connectivity index (χ1v) is 4.68. The molecule has 0 aromatic carbocycles. The van der Waals surface area contributed by atoms with E-state index in [2.05, 4.69) is 9.97 Å². The van der Waals surface area contributed by atoms with Crippen molar-refractivity contribution >= 4 is 11.6 Å². The lowest BCUT2D eigenvalue weighted by Gasteiger charge is -2.02. The van der Waals surface area contributed by atoms with Crippen molar-refractivity contribution in [2.45, 2.75) is 31.1 Å². The number of halogens is 1. The van der Waals surface area contributed by atoms with Crippen LogP contribution in [0.2, 0.25) is 0 Å². The van der Waals surface area contributed by atoms with Gasteiger partial charge in [0.1, 0.15) is 5.82 Å². The van der Waals surface area contributed by atoms with Crippen molar-refractivity contribution in [2.75, 3.05) is 0 Å². The predicted molar refractivity (Wildman–Crippen MR) is 48.3 cm³/mol. The molecular formula is C9H11ClN2. The summed E-state index contributed by atoms with van der Waals surface area (Å²) in [7, 11) is 0. The molecule has 3 heteroatoms. The maximum Gasteiger partial charge on any atom is 0.146 e. The monoisotopic (exact) mass is 182 g/mol. The van der Waals surface area contributed by atoms with Gasteiger partial charge in [0.15, 0.2) is 0 Å². The summed E-state index contributed by atoms with van der Waals surface area (Å²) in [5.41, 5.74) is 1.16. The molecule has 1 heterocycles. The van der Waals surface area contributed by atoms with Gasteiger partial charge in [-0.3, -0.25) is 0 Å². The van der Waals surface area contributed by atoms with Gasteiger partial charge in [0, 0.05) is 17.8 Å². The standard InChI is InChI=1S/C9H11ClN2/c1-6(10)9-11-5-4-8(12-9)7-2-3-7/h4-7H,2-3H2,1H3. The fourth-order valence-corrected chi connectivity index (χ4v) is 1.29. The summed E-state index contributed by atoms with van der Waals surface area (Å²) < 4.78 is 0. The number of nitrogens with zero attached hydrogens (tertiary/aromatic N) is 2. The predicted octanol–water partition coefficient (Wildman–Crippen LogP) is 2.65. The smallest absolute Gasteiger partial charge is 0.146 e. The van der Waals surface area contributed by atoms with E-state index in [0.717, 1.165) is 11.5 Å². The quantitative estimate of drug-likeness (QED) is 0.658. The van der Waals surface area contributed by atoms with E-state index < -0.39 is 0 Å². The van der Waals surface area contributed by atoms with Gasteiger partial charge in [-0.2, -0.15) is 0 Å². The van der Waals surface area contributed by atoms with Gasteiger partial charge in [-0.15, -0.1) is 11.6 Å². The van der Waals surface area contributed by atoms with Gasteiger partial charge in [0.25, 0.3) is 0 Å². The second-order valence-electron chi connectivity index (χ2n) is 3.23. The number of alkyl halides is 1. The van der Waals surface area contributed by atoms with Crippen LogP contribution in [0.4, 0.5) is 0 Å². The lowest BCUT2D eigenvalue weighted by Crippen LogP contribution is -1.97. The molecule has 2 rings (SSSR count). The van der Waals surface area contributed by atoms with Gasteiger partial charge in [-0.25, -0.2) is 9.97 Å². The van der Waals surface area contributed by atoms with E-state index in [1.54, 1.807) is 6.20 Å². The molecule has 1 aliphatic rings. The Morgan fingerprint density at radius 1 is 1.58 bits per heavy atom. The molecule has 0 spiro atoms. The number of rotatable bonds is 2. The van der Waals surface area contributed by atoms with Gasteiger partial charge < -0.3 is 0 Å². The minimum Gasteiger partial charge on any atom is -0.240 e. The van der Waals surface area contributed by atoms with Crippen LogP contribution in [0, 0.1) is 0 Å². The van der Waals surface area contributed by atoms with E-state index in [1.165, 1.54) is 12.8 Å². The fourth-order valence-electron chi connectivity index (χ4n) is 1.19. The fraction of sp³-hybridized carbons (Fsp3) is 0.556. The lowest BCUT2D eigenvalue weighted by atomic mass is 10.3. The Hall–Kier alpha value is -0.630. The van der Waals surface area contributed by atoms with Crippen molar-refractivity contribution in [1.82, 2.24) is 9.97 Å². The zero-order chi connectivity index (χ0) is 8.55. The molecule has 12 heavy (non-hydrogen) atoms. The Kier molecular flexibility index (Phi) is 2.01. The largest absolute Gasteiger partial charge is 0.240 e. The first-order valence-electron chi connectivity index (χ1n) is 4.24. The molecule has 2 nitrogen and oxygen atoms in total. The maximum atomic E-state index is 5.88. The molecule has 0 saturated heterocycles. The Balaban J connectivity index is 2.26. The van der Waals surface area contributed by atoms with Gasteiger partial charge in [-0.1, -0.05) is 0 Å². The van der Waals surface area contributed by atoms with Crippen LogP contribution in [0.3, 0.4) is 0 Å². The summed E-state index contributed by atoms with van der Waals surface area (Å²) in [6, 6.07) is 1.99. The molecule has 0 N–H and O–H groups in total. The average molecular weight is 183 g/mol. The molecule has 1 saturated carbocycles. The molecule has 1 unspecified atom stereocenters. The van der Waals surface area contributed by atoms with Gasteiger partial charge in [0.05, 0.1) is 5.38 Å². The highest BCUT2D eigenvalue weighted by atomic mass is 35.5. The van der Waals surface area contributed by atoms with Gasteiger partial charge >= 0.3 is 0 Å². The molecule has 1 atom stereocenters. The third-order valence-corrected chi connectivity index (χ3v) is 2.24. The zero-order valence-electron chi connectivity index (χ0n) is 7.00. The molecule has 1 aromatic heterocycles. The highest BCUT2D eigenvalue weighted by molar-refractivity contribution is 6.20. The lowest BCUT2D eigenvalue weighted by molar-refractivity contribution is 0.863. The summed E-state index contributed by atoms with van der Waals surface area (Å²) in [5, 5.41) is -0.0799. The topological polar surface area (TPSA) is 25.8 Å². The average Bonchev–Trinajstić information content (AvgIpc) is 2.87. The third-order valence-electron chi connectivity index (χ3n) is 2.05. The van der Waals surface area contributed by atoms with E-state index in [0.29, 0.717) is 5.92 Å². The van der Waals surface area contributed by atoms with Crippen molar-refractivity contribution in [3.8, 4) is 0 Å². The summed E-state index contributed by atoms with van der Waals surface area (Å²) in [5.74, 6) is 1.43. The summed E-state index contributed by atoms with van der Waals surface area (Å²) in [6.45, 7) is 1.90. The van der Waals surface area contributed by atoms with E-state index in [9.17, 15) is 0 Å². The van der Waals surface area contributed by atoms with Crippen LogP contribution >= 0.6 is 11.6 Å². The van der Waals surface area contributed by atoms with E-state index in [-0.39, 0.29) is 5.38 Å². The first-order chi connectivity index (χ1) is 5.77. The number of hydrogen-bond acceptors (Lipinski definition) is 2. The van der Waals surface area contributed by atoms with Crippen LogP contribution in [0.5, 0.6) is 0 Å². The molecule has 0 radical (unpaired) electrons. The van der Waals surface area contributed by atoms with Crippen LogP contribution in [0.15, 0.2) is 12.3 Å². The molecule has 0 bridgehead atoms. The number of hydrogen-bond donors (Lipinski definition) is 0. The molecular weight excluding hydrogens is 172 g/mol. The van der Waals surface area contributed by atoms with Crippen LogP contribution in [-0.4, -0.2) is 9.97 Å². The highest BCUT2D eigenvalue weighted by Crippen LogP contribution is 2.38. The molecule has 1 aromatic rings. The van der Waals surface area contributed by atoms with Crippen LogP contribution in [0.25, 0.3) is 0 Å². The first kappa shape index (κ1) is 7.99. The van der Waals surface area contributed by atoms with E-state index >= 15 is 0 Å². The second kappa shape index (κ2) is 3.02. The Labute approximate surface area is 77.0 Å². The van der Waals surface area contributed by atoms with Crippen LogP contribution < -0.4 is 0 Å². The second-order valence-corrected chi connectivity index (χ2v) is 3.88. The molecule has 0 amide bonds. The van der Waals surface area contributed by atoms with Crippen molar-refractivity contribution in [3.05, 3.63) is 23.8 Å². The van der Waals surface area contributed by atoms with Crippen molar-refractivity contribution < 1.29 is 0 Å². The Bertz CT molecular complexity index is 264. The Morgan fingerprint density at radius 3 is 2.92 bits per heavy atom. The third kappa shape index (κ3) is 1.58. The number of aromatic nitrogens is 2. The van der Waals surface area contributed by atoms with Crippen LogP contribution in [-0.2, 0) is 0 Å². The minimum atomic E-state index is -0.0799. The molecule has 1 aliphatic carbocycles. The molecule has 64 valence electrons. The zero-order valence-corrected chi connectivity index (χ0v) is 7.75. The van der Waals surface area contributed by atoms with E-state index in [4.69, 9.17) is 11.6 Å². The van der Waals surface area contributed by atoms with Crippen molar-refractivity contribution in [1.29, 1.82) is 0 Å². The summed E-state index contributed by atoms with van der Waals surface area (Å²) in [4.78, 5) is 8.50. The molecule has 0 aliphatic heterocycles. The summed E-state index contributed by atoms with van der Waals surface area (Å²) >= 11 is 5.88. The minimum absolute atomic E-state index is 0.0799. The normalized spacial score (nSPS) is 19.2. The highest BCUT2D eigenvalue weighted by Gasteiger charge is 2.25. The molecule has 1 fully saturated rings. The Morgan fingerprint density at radius 2 is 2.33 bits per heavy atom. The summed E-state index contributed by atoms with van der Waals surface area (Å²) in [6.07, 6.45) is 4.34.